The summed E-state index contributed by atoms with van der Waals surface area (Å²) < 4.78 is 0. The van der Waals surface area contributed by atoms with Crippen LogP contribution in [-0.2, 0) is 16.1 Å². The first kappa shape index (κ1) is 18.5. The van der Waals surface area contributed by atoms with Crippen LogP contribution < -0.4 is 0 Å². The quantitative estimate of drug-likeness (QED) is 0.822. The zero-order chi connectivity index (χ0) is 18.9. The fourth-order valence-corrected chi connectivity index (χ4v) is 5.14. The highest BCUT2D eigenvalue weighted by molar-refractivity contribution is 5.80. The van der Waals surface area contributed by atoms with Crippen LogP contribution in [0, 0.1) is 17.3 Å². The molecule has 3 aliphatic rings. The summed E-state index contributed by atoms with van der Waals surface area (Å²) in [5.74, 6) is 1.64. The molecule has 3 fully saturated rings. The summed E-state index contributed by atoms with van der Waals surface area (Å²) in [6, 6.07) is 3.95. The lowest BCUT2D eigenvalue weighted by atomic mass is 9.76. The van der Waals surface area contributed by atoms with E-state index in [-0.39, 0.29) is 17.2 Å². The van der Waals surface area contributed by atoms with Gasteiger partial charge in [0.1, 0.15) is 0 Å². The lowest BCUT2D eigenvalue weighted by molar-refractivity contribution is -0.139. The molecule has 146 valence electrons. The van der Waals surface area contributed by atoms with Crippen LogP contribution in [0.3, 0.4) is 0 Å². The van der Waals surface area contributed by atoms with Gasteiger partial charge in [0.25, 0.3) is 0 Å². The number of carbonyl (C=O) groups excluding carboxylic acids is 2. The van der Waals surface area contributed by atoms with Crippen molar-refractivity contribution in [2.24, 2.45) is 17.3 Å². The van der Waals surface area contributed by atoms with Gasteiger partial charge in [0.15, 0.2) is 0 Å². The lowest BCUT2D eigenvalue weighted by Crippen LogP contribution is -2.46. The third-order valence-electron chi connectivity index (χ3n) is 7.03. The molecule has 0 atom stereocenters. The Bertz CT molecular complexity index is 674. The van der Waals surface area contributed by atoms with Gasteiger partial charge in [-0.1, -0.05) is 6.92 Å². The van der Waals surface area contributed by atoms with Gasteiger partial charge in [-0.2, -0.15) is 0 Å². The lowest BCUT2D eigenvalue weighted by Gasteiger charge is -2.40. The van der Waals surface area contributed by atoms with Crippen molar-refractivity contribution in [2.75, 3.05) is 19.6 Å². The first-order chi connectivity index (χ1) is 13.0. The Hall–Kier alpha value is -1.91. The molecule has 1 aliphatic carbocycles. The number of likely N-dealkylation sites (tertiary alicyclic amines) is 2. The molecular weight excluding hydrogens is 338 g/mol. The number of rotatable bonds is 3. The summed E-state index contributed by atoms with van der Waals surface area (Å²) in [4.78, 5) is 33.6. The number of amides is 2. The third kappa shape index (κ3) is 4.02. The Morgan fingerprint density at radius 2 is 1.81 bits per heavy atom. The molecule has 2 saturated heterocycles. The number of hydrogen-bond donors (Lipinski definition) is 0. The Labute approximate surface area is 162 Å². The van der Waals surface area contributed by atoms with Crippen LogP contribution in [0.4, 0.5) is 0 Å². The van der Waals surface area contributed by atoms with Gasteiger partial charge in [-0.3, -0.25) is 14.6 Å². The van der Waals surface area contributed by atoms with E-state index in [0.29, 0.717) is 18.9 Å². The number of pyridine rings is 1. The van der Waals surface area contributed by atoms with Crippen molar-refractivity contribution in [3.63, 3.8) is 0 Å². The molecule has 4 rings (SSSR count). The molecule has 0 unspecified atom stereocenters. The predicted molar refractivity (Wildman–Crippen MR) is 104 cm³/mol. The molecule has 1 spiro atoms. The van der Waals surface area contributed by atoms with Crippen LogP contribution in [-0.4, -0.2) is 46.2 Å². The Kier molecular flexibility index (Phi) is 5.20. The van der Waals surface area contributed by atoms with Crippen LogP contribution in [0.1, 0.15) is 57.4 Å². The molecule has 0 radical (unpaired) electrons. The van der Waals surface area contributed by atoms with Crippen molar-refractivity contribution >= 4 is 11.8 Å². The summed E-state index contributed by atoms with van der Waals surface area (Å²) in [5.41, 5.74) is 1.21. The molecule has 1 saturated carbocycles. The number of carbonyl (C=O) groups is 2. The molecule has 1 aromatic rings. The van der Waals surface area contributed by atoms with Crippen molar-refractivity contribution in [3.8, 4) is 0 Å². The predicted octanol–water partition coefficient (Wildman–Crippen LogP) is 3.25. The number of hydrogen-bond acceptors (Lipinski definition) is 3. The SMILES string of the molecule is CC1CCC(C(=O)N2CCC3(CC2)CC(=O)N(Cc2ccncc2)C3)CC1. The zero-order valence-electron chi connectivity index (χ0n) is 16.4. The Morgan fingerprint density at radius 1 is 1.15 bits per heavy atom. The minimum Gasteiger partial charge on any atom is -0.342 e. The fourth-order valence-electron chi connectivity index (χ4n) is 5.14. The average Bonchev–Trinajstić information content (AvgIpc) is 2.98. The van der Waals surface area contributed by atoms with E-state index < -0.39 is 0 Å². The normalized spacial score (nSPS) is 28.0. The van der Waals surface area contributed by atoms with E-state index in [9.17, 15) is 9.59 Å². The fraction of sp³-hybridized carbons (Fsp3) is 0.682. The van der Waals surface area contributed by atoms with Gasteiger partial charge in [0.05, 0.1) is 0 Å². The Morgan fingerprint density at radius 3 is 2.48 bits per heavy atom. The number of nitrogens with zero attached hydrogens (tertiary/aromatic N) is 3. The van der Waals surface area contributed by atoms with E-state index in [1.807, 2.05) is 17.0 Å². The molecule has 2 amide bonds. The monoisotopic (exact) mass is 369 g/mol. The maximum absolute atomic E-state index is 12.9. The van der Waals surface area contributed by atoms with Crippen molar-refractivity contribution in [2.45, 2.75) is 58.4 Å². The molecule has 1 aromatic heterocycles. The van der Waals surface area contributed by atoms with Gasteiger partial charge < -0.3 is 9.80 Å². The molecule has 0 bridgehead atoms. The van der Waals surface area contributed by atoms with Gasteiger partial charge >= 0.3 is 0 Å². The van der Waals surface area contributed by atoms with Crippen LogP contribution in [0.5, 0.6) is 0 Å². The summed E-state index contributed by atoms with van der Waals surface area (Å²) in [7, 11) is 0. The third-order valence-corrected chi connectivity index (χ3v) is 7.03. The molecule has 0 aromatic carbocycles. The van der Waals surface area contributed by atoms with E-state index in [2.05, 4.69) is 16.8 Å². The highest BCUT2D eigenvalue weighted by Gasteiger charge is 2.45. The molecular formula is C22H31N3O2. The molecule has 3 heterocycles. The Balaban J connectivity index is 1.32. The van der Waals surface area contributed by atoms with E-state index in [1.165, 1.54) is 12.8 Å². The maximum atomic E-state index is 12.9. The second-order valence-corrected chi connectivity index (χ2v) is 9.06. The van der Waals surface area contributed by atoms with Gasteiger partial charge in [0.2, 0.25) is 11.8 Å². The topological polar surface area (TPSA) is 53.5 Å². The summed E-state index contributed by atoms with van der Waals surface area (Å²) >= 11 is 0. The highest BCUT2D eigenvalue weighted by Crippen LogP contribution is 2.42. The van der Waals surface area contributed by atoms with Crippen molar-refractivity contribution in [1.82, 2.24) is 14.8 Å². The van der Waals surface area contributed by atoms with Crippen LogP contribution in [0.2, 0.25) is 0 Å². The summed E-state index contributed by atoms with van der Waals surface area (Å²) in [5, 5.41) is 0. The first-order valence-electron chi connectivity index (χ1n) is 10.5. The van der Waals surface area contributed by atoms with Crippen LogP contribution in [0.15, 0.2) is 24.5 Å². The molecule has 5 heteroatoms. The van der Waals surface area contributed by atoms with Crippen molar-refractivity contribution in [3.05, 3.63) is 30.1 Å². The second kappa shape index (κ2) is 7.61. The van der Waals surface area contributed by atoms with Gasteiger partial charge in [-0.05, 0) is 62.1 Å². The van der Waals surface area contributed by atoms with Crippen molar-refractivity contribution < 1.29 is 9.59 Å². The number of aromatic nitrogens is 1. The molecule has 27 heavy (non-hydrogen) atoms. The molecule has 0 N–H and O–H groups in total. The second-order valence-electron chi connectivity index (χ2n) is 9.06. The van der Waals surface area contributed by atoms with E-state index in [4.69, 9.17) is 0 Å². The highest BCUT2D eigenvalue weighted by atomic mass is 16.2. The molecule has 2 aliphatic heterocycles. The average molecular weight is 370 g/mol. The zero-order valence-corrected chi connectivity index (χ0v) is 16.4. The summed E-state index contributed by atoms with van der Waals surface area (Å²) in [6.07, 6.45) is 10.6. The van der Waals surface area contributed by atoms with E-state index >= 15 is 0 Å². The first-order valence-corrected chi connectivity index (χ1v) is 10.5. The van der Waals surface area contributed by atoms with Crippen LogP contribution >= 0.6 is 0 Å². The maximum Gasteiger partial charge on any atom is 0.225 e. The van der Waals surface area contributed by atoms with E-state index in [1.54, 1.807) is 12.4 Å². The standard InChI is InChI=1S/C22H31N3O2/c1-17-2-4-19(5-3-17)21(27)24-12-8-22(9-13-24)14-20(26)25(16-22)15-18-6-10-23-11-7-18/h6-7,10-11,17,19H,2-5,8-9,12-16H2,1H3. The smallest absolute Gasteiger partial charge is 0.225 e. The number of piperidine rings is 1. The molecule has 5 nitrogen and oxygen atoms in total. The van der Waals surface area contributed by atoms with Gasteiger partial charge in [-0.25, -0.2) is 0 Å². The largest absolute Gasteiger partial charge is 0.342 e. The summed E-state index contributed by atoms with van der Waals surface area (Å²) in [6.45, 7) is 5.44. The minimum atomic E-state index is 0.0714. The van der Waals surface area contributed by atoms with Gasteiger partial charge in [0, 0.05) is 56.3 Å². The van der Waals surface area contributed by atoms with Crippen LogP contribution in [0.25, 0.3) is 0 Å². The minimum absolute atomic E-state index is 0.0714. The van der Waals surface area contributed by atoms with Gasteiger partial charge in [-0.15, -0.1) is 0 Å². The van der Waals surface area contributed by atoms with Crippen molar-refractivity contribution in [1.29, 1.82) is 0 Å². The van der Waals surface area contributed by atoms with E-state index in [0.717, 1.165) is 56.8 Å².